The Morgan fingerprint density at radius 3 is 2.71 bits per heavy atom. The van der Waals surface area contributed by atoms with Crippen LogP contribution in [0, 0.1) is 5.92 Å². The molecular weight excluding hydrogens is 411 g/mol. The number of aromatic nitrogens is 3. The highest BCUT2D eigenvalue weighted by Gasteiger charge is 2.48. The zero-order valence-electron chi connectivity index (χ0n) is 17.3. The first-order valence-corrected chi connectivity index (χ1v) is 10.6. The molecule has 0 radical (unpaired) electrons. The Balaban J connectivity index is 1.47. The minimum Gasteiger partial charge on any atom is -0.462 e. The highest BCUT2D eigenvalue weighted by molar-refractivity contribution is 5.94. The molecule has 7 nitrogen and oxygen atoms in total. The number of hydrogen-bond donors (Lipinski definition) is 1. The van der Waals surface area contributed by atoms with Gasteiger partial charge in [-0.15, -0.1) is 0 Å². The van der Waals surface area contributed by atoms with Crippen molar-refractivity contribution in [3.05, 3.63) is 41.9 Å². The van der Waals surface area contributed by atoms with Gasteiger partial charge in [0.1, 0.15) is 11.4 Å². The largest absolute Gasteiger partial charge is 0.462 e. The molecule has 1 N–H and O–H groups in total. The van der Waals surface area contributed by atoms with Crippen molar-refractivity contribution in [1.82, 2.24) is 19.7 Å². The van der Waals surface area contributed by atoms with Crippen molar-refractivity contribution in [2.75, 3.05) is 25.0 Å². The fourth-order valence-corrected chi connectivity index (χ4v) is 4.52. The van der Waals surface area contributed by atoms with E-state index in [-0.39, 0.29) is 36.4 Å². The first-order valence-electron chi connectivity index (χ1n) is 10.6. The molecule has 10 heteroatoms. The number of piperidine rings is 1. The fraction of sp³-hybridized carbons (Fsp3) is 0.571. The van der Waals surface area contributed by atoms with Gasteiger partial charge >= 0.3 is 12.1 Å². The number of rotatable bonds is 5. The molecule has 4 heterocycles. The smallest absolute Gasteiger partial charge is 0.410 e. The number of alkyl halides is 3. The molecule has 0 bridgehead atoms. The number of nitrogens with zero attached hydrogens (tertiary/aromatic N) is 4. The lowest BCUT2D eigenvalue weighted by Gasteiger charge is -2.41. The first kappa shape index (κ1) is 21.6. The van der Waals surface area contributed by atoms with E-state index in [9.17, 15) is 18.0 Å². The Kier molecular flexibility index (Phi) is 6.17. The van der Waals surface area contributed by atoms with Crippen LogP contribution < -0.4 is 5.32 Å². The first-order chi connectivity index (χ1) is 14.9. The van der Waals surface area contributed by atoms with E-state index in [4.69, 9.17) is 4.74 Å². The molecular formula is C21H26F3N5O2. The van der Waals surface area contributed by atoms with Crippen LogP contribution in [0.25, 0.3) is 0 Å². The van der Waals surface area contributed by atoms with Gasteiger partial charge in [-0.25, -0.2) is 9.48 Å². The molecule has 2 atom stereocenters. The number of esters is 1. The Bertz CT molecular complexity index is 894. The fourth-order valence-electron chi connectivity index (χ4n) is 4.52. The van der Waals surface area contributed by atoms with E-state index in [0.29, 0.717) is 0 Å². The summed E-state index contributed by atoms with van der Waals surface area (Å²) in [5.41, 5.74) is 1.17. The molecule has 31 heavy (non-hydrogen) atoms. The lowest BCUT2D eigenvalue weighted by Crippen LogP contribution is -2.46. The summed E-state index contributed by atoms with van der Waals surface area (Å²) in [7, 11) is 0. The summed E-state index contributed by atoms with van der Waals surface area (Å²) >= 11 is 0. The van der Waals surface area contributed by atoms with Crippen LogP contribution in [0.5, 0.6) is 0 Å². The third-order valence-electron chi connectivity index (χ3n) is 6.09. The minimum absolute atomic E-state index is 0.0508. The molecule has 2 aliphatic rings. The van der Waals surface area contributed by atoms with E-state index >= 15 is 0 Å². The van der Waals surface area contributed by atoms with E-state index in [1.54, 1.807) is 13.1 Å². The number of nitrogens with one attached hydrogen (secondary N) is 1. The SMILES string of the molecule is CCOC(=O)c1cnn2c1N[C@@H](C1CCN(Cc3cccnc3)CC1)C[C@H]2C(F)(F)F. The van der Waals surface area contributed by atoms with Gasteiger partial charge < -0.3 is 10.1 Å². The van der Waals surface area contributed by atoms with Gasteiger partial charge in [-0.3, -0.25) is 9.88 Å². The van der Waals surface area contributed by atoms with Gasteiger partial charge in [0.25, 0.3) is 0 Å². The normalized spacial score (nSPS) is 22.6. The second kappa shape index (κ2) is 8.86. The molecule has 1 saturated heterocycles. The van der Waals surface area contributed by atoms with Crippen LogP contribution in [0.3, 0.4) is 0 Å². The molecule has 0 unspecified atom stereocenters. The third kappa shape index (κ3) is 4.68. The standard InChI is InChI=1S/C21H26F3N5O2/c1-2-31-20(30)16-12-26-29-18(21(22,23)24)10-17(27-19(16)29)15-5-8-28(9-6-15)13-14-4-3-7-25-11-14/h3-4,7,11-12,15,17-18,27H,2,5-6,8-10,13H2,1H3/t17-,18+/m1/s1. The van der Waals surface area contributed by atoms with Gasteiger partial charge in [0.05, 0.1) is 12.8 Å². The number of halogens is 3. The average Bonchev–Trinajstić information content (AvgIpc) is 3.18. The van der Waals surface area contributed by atoms with Crippen molar-refractivity contribution >= 4 is 11.8 Å². The summed E-state index contributed by atoms with van der Waals surface area (Å²) in [6, 6.07) is 1.78. The van der Waals surface area contributed by atoms with Gasteiger partial charge in [0.15, 0.2) is 6.04 Å². The van der Waals surface area contributed by atoms with Crippen molar-refractivity contribution in [2.45, 2.75) is 51.0 Å². The third-order valence-corrected chi connectivity index (χ3v) is 6.09. The molecule has 4 rings (SSSR count). The zero-order valence-corrected chi connectivity index (χ0v) is 17.3. The summed E-state index contributed by atoms with van der Waals surface area (Å²) in [6.07, 6.45) is 1.74. The summed E-state index contributed by atoms with van der Waals surface area (Å²) in [5.74, 6) is -0.479. The lowest BCUT2D eigenvalue weighted by atomic mass is 9.84. The number of ether oxygens (including phenoxy) is 1. The average molecular weight is 437 g/mol. The van der Waals surface area contributed by atoms with Crippen LogP contribution >= 0.6 is 0 Å². The van der Waals surface area contributed by atoms with Crippen molar-refractivity contribution in [1.29, 1.82) is 0 Å². The van der Waals surface area contributed by atoms with Crippen molar-refractivity contribution in [3.8, 4) is 0 Å². The van der Waals surface area contributed by atoms with Crippen LogP contribution in [0.15, 0.2) is 30.7 Å². The minimum atomic E-state index is -4.45. The molecule has 2 aromatic heterocycles. The van der Waals surface area contributed by atoms with Crippen LogP contribution in [0.4, 0.5) is 19.0 Å². The number of pyridine rings is 1. The van der Waals surface area contributed by atoms with Gasteiger partial charge in [0, 0.05) is 25.0 Å². The molecule has 0 amide bonds. The molecule has 0 saturated carbocycles. The van der Waals surface area contributed by atoms with Crippen LogP contribution in [0.1, 0.15) is 48.1 Å². The van der Waals surface area contributed by atoms with E-state index < -0.39 is 18.2 Å². The molecule has 0 aliphatic carbocycles. The summed E-state index contributed by atoms with van der Waals surface area (Å²) < 4.78 is 47.3. The number of likely N-dealkylation sites (tertiary alicyclic amines) is 1. The lowest BCUT2D eigenvalue weighted by molar-refractivity contribution is -0.174. The second-order valence-electron chi connectivity index (χ2n) is 8.09. The summed E-state index contributed by atoms with van der Waals surface area (Å²) in [5, 5.41) is 7.06. The number of fused-ring (bicyclic) bond motifs is 1. The number of hydrogen-bond acceptors (Lipinski definition) is 6. The van der Waals surface area contributed by atoms with Crippen LogP contribution in [-0.4, -0.2) is 57.5 Å². The number of carbonyl (C=O) groups excluding carboxylic acids is 1. The van der Waals surface area contributed by atoms with E-state index in [0.717, 1.165) is 48.9 Å². The van der Waals surface area contributed by atoms with Gasteiger partial charge in [-0.1, -0.05) is 6.07 Å². The van der Waals surface area contributed by atoms with Crippen LogP contribution in [0.2, 0.25) is 0 Å². The Hall–Kier alpha value is -2.62. The summed E-state index contributed by atoms with van der Waals surface area (Å²) in [6.45, 7) is 4.19. The number of anilines is 1. The van der Waals surface area contributed by atoms with Gasteiger partial charge in [0.2, 0.25) is 0 Å². The highest BCUT2D eigenvalue weighted by Crippen LogP contribution is 2.43. The van der Waals surface area contributed by atoms with Crippen molar-refractivity contribution in [2.24, 2.45) is 5.92 Å². The molecule has 2 aliphatic heterocycles. The molecule has 2 aromatic rings. The quantitative estimate of drug-likeness (QED) is 0.720. The number of carbonyl (C=O) groups is 1. The van der Waals surface area contributed by atoms with E-state index in [2.05, 4.69) is 20.3 Å². The predicted octanol–water partition coefficient (Wildman–Crippen LogP) is 3.65. The van der Waals surface area contributed by atoms with Crippen molar-refractivity contribution in [3.63, 3.8) is 0 Å². The molecule has 1 fully saturated rings. The highest BCUT2D eigenvalue weighted by atomic mass is 19.4. The Labute approximate surface area is 178 Å². The summed E-state index contributed by atoms with van der Waals surface area (Å²) in [4.78, 5) is 18.7. The van der Waals surface area contributed by atoms with Gasteiger partial charge in [-0.05, 0) is 56.8 Å². The Morgan fingerprint density at radius 2 is 2.06 bits per heavy atom. The molecule has 168 valence electrons. The monoisotopic (exact) mass is 437 g/mol. The zero-order chi connectivity index (χ0) is 22.0. The maximum atomic E-state index is 13.8. The molecule has 0 aromatic carbocycles. The van der Waals surface area contributed by atoms with Gasteiger partial charge in [-0.2, -0.15) is 18.3 Å². The Morgan fingerprint density at radius 1 is 1.29 bits per heavy atom. The second-order valence-corrected chi connectivity index (χ2v) is 8.09. The maximum absolute atomic E-state index is 13.8. The predicted molar refractivity (Wildman–Crippen MR) is 108 cm³/mol. The maximum Gasteiger partial charge on any atom is 0.410 e. The molecule has 0 spiro atoms. The van der Waals surface area contributed by atoms with E-state index in [1.807, 2.05) is 18.3 Å². The van der Waals surface area contributed by atoms with Crippen molar-refractivity contribution < 1.29 is 22.7 Å². The van der Waals surface area contributed by atoms with E-state index in [1.165, 1.54) is 0 Å². The van der Waals surface area contributed by atoms with Crippen LogP contribution in [-0.2, 0) is 11.3 Å². The topological polar surface area (TPSA) is 72.3 Å².